The standard InChI is InChI=1S/C54H93N3O2.ClH/c1-3-5-7-9-11-13-15-17-19-21-23-25-27-29-37-43-53(58)55-45-47-57(49-51-39-33-31-34-40-51,50-52-41-35-32-36-42-52)48-46-56-54(59)44-38-30-28-26-24-22-20-18-16-14-12-10-8-6-4-2;/h31-36,39-42H,3-30,37-38,43-50H2,1-2H3,(H-,55,56,58,59);1H. The van der Waals surface area contributed by atoms with Crippen LogP contribution in [0.3, 0.4) is 0 Å². The van der Waals surface area contributed by atoms with Gasteiger partial charge in [0.15, 0.2) is 0 Å². The number of carbonyl (C=O) groups is 2. The maximum atomic E-state index is 13.0. The van der Waals surface area contributed by atoms with Crippen molar-refractivity contribution >= 4 is 11.8 Å². The van der Waals surface area contributed by atoms with E-state index in [0.717, 1.165) is 56.3 Å². The number of unbranched alkanes of at least 4 members (excludes halogenated alkanes) is 28. The fourth-order valence-corrected chi connectivity index (χ4v) is 8.78. The summed E-state index contributed by atoms with van der Waals surface area (Å²) in [7, 11) is 0. The third-order valence-corrected chi connectivity index (χ3v) is 12.6. The second kappa shape index (κ2) is 40.7. The number of hydrogen-bond donors (Lipinski definition) is 2. The summed E-state index contributed by atoms with van der Waals surface area (Å²) in [5.74, 6) is 0.350. The Balaban J connectivity index is 0.0000180. The first-order chi connectivity index (χ1) is 29.1. The summed E-state index contributed by atoms with van der Waals surface area (Å²) >= 11 is 0. The molecular weight excluding hydrogens is 758 g/mol. The van der Waals surface area contributed by atoms with Gasteiger partial charge in [-0.2, -0.15) is 0 Å². The molecule has 0 atom stereocenters. The first-order valence-corrected chi connectivity index (χ1v) is 25.5. The van der Waals surface area contributed by atoms with E-state index < -0.39 is 0 Å². The molecule has 2 aromatic rings. The predicted octanol–water partition coefficient (Wildman–Crippen LogP) is 12.0. The van der Waals surface area contributed by atoms with Gasteiger partial charge in [0, 0.05) is 24.0 Å². The normalized spacial score (nSPS) is 11.4. The van der Waals surface area contributed by atoms with Gasteiger partial charge in [-0.15, -0.1) is 0 Å². The Bertz CT molecular complexity index is 1130. The van der Waals surface area contributed by atoms with E-state index in [1.54, 1.807) is 0 Å². The van der Waals surface area contributed by atoms with Crippen molar-refractivity contribution in [3.63, 3.8) is 0 Å². The molecule has 0 bridgehead atoms. The molecule has 344 valence electrons. The number of quaternary nitrogens is 1. The molecule has 2 N–H and O–H groups in total. The van der Waals surface area contributed by atoms with Crippen LogP contribution in [0.15, 0.2) is 60.7 Å². The van der Waals surface area contributed by atoms with Crippen LogP contribution in [0.1, 0.15) is 230 Å². The molecule has 0 fully saturated rings. The highest BCUT2D eigenvalue weighted by atomic mass is 35.5. The van der Waals surface area contributed by atoms with Crippen LogP contribution in [0, 0.1) is 0 Å². The molecule has 0 aliphatic heterocycles. The Morgan fingerprint density at radius 1 is 0.383 bits per heavy atom. The van der Waals surface area contributed by atoms with E-state index in [9.17, 15) is 9.59 Å². The molecule has 2 rings (SSSR count). The fraction of sp³-hybridized carbons (Fsp3) is 0.741. The molecule has 0 aliphatic carbocycles. The summed E-state index contributed by atoms with van der Waals surface area (Å²) in [5.41, 5.74) is 2.58. The summed E-state index contributed by atoms with van der Waals surface area (Å²) in [6, 6.07) is 21.5. The first-order valence-electron chi connectivity index (χ1n) is 25.5. The Kier molecular flexibility index (Phi) is 37.7. The van der Waals surface area contributed by atoms with Crippen LogP contribution in [0.4, 0.5) is 0 Å². The van der Waals surface area contributed by atoms with Gasteiger partial charge in [-0.25, -0.2) is 0 Å². The number of benzene rings is 2. The molecule has 0 saturated heterocycles. The zero-order valence-electron chi connectivity index (χ0n) is 39.3. The van der Waals surface area contributed by atoms with Crippen molar-refractivity contribution in [1.29, 1.82) is 0 Å². The summed E-state index contributed by atoms with van der Waals surface area (Å²) in [4.78, 5) is 26.0. The molecule has 0 heterocycles. The van der Waals surface area contributed by atoms with Crippen molar-refractivity contribution in [3.8, 4) is 0 Å². The molecule has 0 spiro atoms. The molecule has 0 unspecified atom stereocenters. The van der Waals surface area contributed by atoms with Crippen LogP contribution < -0.4 is 23.0 Å². The lowest BCUT2D eigenvalue weighted by molar-refractivity contribution is -0.951. The van der Waals surface area contributed by atoms with E-state index in [1.807, 2.05) is 0 Å². The molecular formula is C54H94ClN3O2. The van der Waals surface area contributed by atoms with Crippen LogP contribution >= 0.6 is 0 Å². The number of hydrogen-bond acceptors (Lipinski definition) is 2. The van der Waals surface area contributed by atoms with Crippen LogP contribution in [0.25, 0.3) is 0 Å². The lowest BCUT2D eigenvalue weighted by atomic mass is 10.0. The van der Waals surface area contributed by atoms with E-state index in [0.29, 0.717) is 25.9 Å². The largest absolute Gasteiger partial charge is 1.00 e. The summed E-state index contributed by atoms with van der Waals surface area (Å²) in [6.45, 7) is 9.23. The third-order valence-electron chi connectivity index (χ3n) is 12.6. The van der Waals surface area contributed by atoms with Gasteiger partial charge in [0.05, 0.1) is 26.2 Å². The van der Waals surface area contributed by atoms with Crippen molar-refractivity contribution in [1.82, 2.24) is 10.6 Å². The first kappa shape index (κ1) is 55.6. The number of nitrogens with zero attached hydrogens (tertiary/aromatic N) is 1. The van der Waals surface area contributed by atoms with Gasteiger partial charge >= 0.3 is 0 Å². The van der Waals surface area contributed by atoms with E-state index in [2.05, 4.69) is 85.1 Å². The average Bonchev–Trinajstić information content (AvgIpc) is 3.24. The van der Waals surface area contributed by atoms with Gasteiger partial charge in [-0.3, -0.25) is 9.59 Å². The monoisotopic (exact) mass is 852 g/mol. The van der Waals surface area contributed by atoms with Crippen LogP contribution in [-0.2, 0) is 22.7 Å². The molecule has 0 radical (unpaired) electrons. The van der Waals surface area contributed by atoms with Crippen molar-refractivity contribution in [2.24, 2.45) is 0 Å². The minimum Gasteiger partial charge on any atom is -1.00 e. The van der Waals surface area contributed by atoms with Crippen molar-refractivity contribution < 1.29 is 26.5 Å². The number of halogens is 1. The summed E-state index contributed by atoms with van der Waals surface area (Å²) in [5, 5.41) is 6.58. The predicted molar refractivity (Wildman–Crippen MR) is 255 cm³/mol. The minimum absolute atomic E-state index is 0. The van der Waals surface area contributed by atoms with Gasteiger partial charge in [-0.05, 0) is 12.8 Å². The molecule has 2 aromatic carbocycles. The van der Waals surface area contributed by atoms with Crippen LogP contribution in [0.2, 0.25) is 0 Å². The molecule has 0 saturated carbocycles. The van der Waals surface area contributed by atoms with Crippen molar-refractivity contribution in [2.75, 3.05) is 26.2 Å². The van der Waals surface area contributed by atoms with Gasteiger partial charge in [0.25, 0.3) is 0 Å². The number of nitrogens with one attached hydrogen (secondary N) is 2. The molecule has 0 aliphatic rings. The zero-order valence-corrected chi connectivity index (χ0v) is 40.0. The summed E-state index contributed by atoms with van der Waals surface area (Å²) in [6.07, 6.45) is 41.2. The molecule has 6 heteroatoms. The van der Waals surface area contributed by atoms with E-state index >= 15 is 0 Å². The van der Waals surface area contributed by atoms with Crippen molar-refractivity contribution in [3.05, 3.63) is 71.8 Å². The lowest BCUT2D eigenvalue weighted by Gasteiger charge is -2.39. The van der Waals surface area contributed by atoms with Gasteiger partial charge < -0.3 is 27.5 Å². The minimum atomic E-state index is 0. The van der Waals surface area contributed by atoms with Gasteiger partial charge in [-0.1, -0.05) is 254 Å². The molecule has 5 nitrogen and oxygen atoms in total. The fourth-order valence-electron chi connectivity index (χ4n) is 8.78. The molecule has 2 amide bonds. The average molecular weight is 853 g/mol. The topological polar surface area (TPSA) is 58.2 Å². The van der Waals surface area contributed by atoms with E-state index in [4.69, 9.17) is 0 Å². The maximum Gasteiger partial charge on any atom is 0.220 e. The molecule has 60 heavy (non-hydrogen) atoms. The Labute approximate surface area is 377 Å². The van der Waals surface area contributed by atoms with Crippen molar-refractivity contribution in [2.45, 2.75) is 232 Å². The van der Waals surface area contributed by atoms with E-state index in [1.165, 1.54) is 178 Å². The second-order valence-electron chi connectivity index (χ2n) is 18.2. The highest BCUT2D eigenvalue weighted by Gasteiger charge is 2.28. The second-order valence-corrected chi connectivity index (χ2v) is 18.2. The highest BCUT2D eigenvalue weighted by molar-refractivity contribution is 5.76. The quantitative estimate of drug-likeness (QED) is 0.0516. The van der Waals surface area contributed by atoms with Gasteiger partial charge in [0.1, 0.15) is 13.1 Å². The Morgan fingerprint density at radius 3 is 0.900 bits per heavy atom. The smallest absolute Gasteiger partial charge is 0.220 e. The lowest BCUT2D eigenvalue weighted by Crippen LogP contribution is -3.00. The Hall–Kier alpha value is -2.37. The van der Waals surface area contributed by atoms with Crippen LogP contribution in [0.5, 0.6) is 0 Å². The zero-order chi connectivity index (χ0) is 42.2. The number of rotatable bonds is 42. The summed E-state index contributed by atoms with van der Waals surface area (Å²) < 4.78 is 0.784. The van der Waals surface area contributed by atoms with Gasteiger partial charge in [0.2, 0.25) is 11.8 Å². The number of carbonyl (C=O) groups excluding carboxylic acids is 2. The number of amides is 2. The molecule has 0 aromatic heterocycles. The van der Waals surface area contributed by atoms with E-state index in [-0.39, 0.29) is 24.2 Å². The Morgan fingerprint density at radius 2 is 0.633 bits per heavy atom. The SMILES string of the molecule is CCCCCCCCCCCCCCCCCC(=O)NCC[N+](CCNC(=O)CCCCCCCCCCCCCCCCC)(Cc1ccccc1)Cc1ccccc1.[Cl-]. The highest BCUT2D eigenvalue weighted by Crippen LogP contribution is 2.21. The van der Waals surface area contributed by atoms with Crippen LogP contribution in [-0.4, -0.2) is 42.5 Å². The third kappa shape index (κ3) is 32.4. The maximum absolute atomic E-state index is 13.0.